The molecule has 0 saturated heterocycles. The van der Waals surface area contributed by atoms with Crippen LogP contribution in [0, 0.1) is 5.41 Å². The quantitative estimate of drug-likeness (QED) is 0.255. The minimum absolute atomic E-state index is 0. The van der Waals surface area contributed by atoms with Crippen molar-refractivity contribution in [2.45, 2.75) is 39.0 Å². The maximum absolute atomic E-state index is 11.1. The van der Waals surface area contributed by atoms with Crippen LogP contribution < -0.4 is 10.6 Å². The number of aliphatic imine (C=N–C) groups is 1. The SMILES string of the molecule is CCNC(=NCC1(CCOC)CCC1)NCCC(=O)OC.I. The van der Waals surface area contributed by atoms with Crippen LogP contribution in [0.4, 0.5) is 0 Å². The summed E-state index contributed by atoms with van der Waals surface area (Å²) in [6.07, 6.45) is 5.14. The molecule has 0 heterocycles. The van der Waals surface area contributed by atoms with Gasteiger partial charge in [0.05, 0.1) is 13.5 Å². The maximum atomic E-state index is 11.1. The number of ether oxygens (including phenoxy) is 2. The van der Waals surface area contributed by atoms with Crippen LogP contribution in [0.2, 0.25) is 0 Å². The van der Waals surface area contributed by atoms with Gasteiger partial charge in [-0.05, 0) is 31.6 Å². The topological polar surface area (TPSA) is 72.0 Å². The van der Waals surface area contributed by atoms with Gasteiger partial charge in [-0.25, -0.2) is 0 Å². The molecular weight excluding hydrogens is 397 g/mol. The molecule has 0 spiro atoms. The Kier molecular flexibility index (Phi) is 11.6. The number of hydrogen-bond acceptors (Lipinski definition) is 4. The van der Waals surface area contributed by atoms with Crippen molar-refractivity contribution in [3.8, 4) is 0 Å². The van der Waals surface area contributed by atoms with Crippen molar-refractivity contribution in [2.24, 2.45) is 10.4 Å². The lowest BCUT2D eigenvalue weighted by molar-refractivity contribution is -0.140. The zero-order chi connectivity index (χ0) is 15.6. The van der Waals surface area contributed by atoms with E-state index < -0.39 is 0 Å². The number of halogens is 1. The molecule has 7 heteroatoms. The zero-order valence-corrected chi connectivity index (χ0v) is 16.3. The Bertz CT molecular complexity index is 347. The molecule has 1 fully saturated rings. The largest absolute Gasteiger partial charge is 0.469 e. The number of carbonyl (C=O) groups is 1. The van der Waals surface area contributed by atoms with E-state index in [2.05, 4.69) is 20.4 Å². The van der Waals surface area contributed by atoms with E-state index in [9.17, 15) is 4.79 Å². The van der Waals surface area contributed by atoms with Crippen molar-refractivity contribution in [1.29, 1.82) is 0 Å². The van der Waals surface area contributed by atoms with E-state index in [1.165, 1.54) is 26.4 Å². The van der Waals surface area contributed by atoms with E-state index in [1.54, 1.807) is 7.11 Å². The Labute approximate surface area is 150 Å². The Balaban J connectivity index is 0.00000441. The Hall–Kier alpha value is -0.570. The second-order valence-electron chi connectivity index (χ2n) is 5.54. The number of nitrogens with one attached hydrogen (secondary N) is 2. The van der Waals surface area contributed by atoms with Crippen LogP contribution >= 0.6 is 24.0 Å². The summed E-state index contributed by atoms with van der Waals surface area (Å²) < 4.78 is 9.82. The smallest absolute Gasteiger partial charge is 0.307 e. The summed E-state index contributed by atoms with van der Waals surface area (Å²) >= 11 is 0. The molecule has 0 radical (unpaired) electrons. The second kappa shape index (κ2) is 11.9. The molecule has 0 amide bonds. The highest BCUT2D eigenvalue weighted by atomic mass is 127. The van der Waals surface area contributed by atoms with Crippen molar-refractivity contribution >= 4 is 35.9 Å². The summed E-state index contributed by atoms with van der Waals surface area (Å²) in [6.45, 7) is 4.96. The van der Waals surface area contributed by atoms with Gasteiger partial charge in [0, 0.05) is 33.4 Å². The molecule has 1 saturated carbocycles. The summed E-state index contributed by atoms with van der Waals surface area (Å²) in [7, 11) is 3.14. The van der Waals surface area contributed by atoms with Gasteiger partial charge in [0.2, 0.25) is 0 Å². The third kappa shape index (κ3) is 7.62. The molecule has 0 aromatic heterocycles. The predicted octanol–water partition coefficient (Wildman–Crippen LogP) is 1.93. The van der Waals surface area contributed by atoms with Crippen LogP contribution in [0.5, 0.6) is 0 Å². The van der Waals surface area contributed by atoms with Crippen LogP contribution in [0.1, 0.15) is 39.0 Å². The summed E-state index contributed by atoms with van der Waals surface area (Å²) in [5.74, 6) is 0.555. The van der Waals surface area contributed by atoms with E-state index in [1.807, 2.05) is 6.92 Å². The molecule has 130 valence electrons. The van der Waals surface area contributed by atoms with Crippen molar-refractivity contribution < 1.29 is 14.3 Å². The summed E-state index contributed by atoms with van der Waals surface area (Å²) in [6, 6.07) is 0. The molecule has 1 aliphatic carbocycles. The van der Waals surface area contributed by atoms with Crippen molar-refractivity contribution in [3.05, 3.63) is 0 Å². The third-order valence-electron chi connectivity index (χ3n) is 4.02. The number of hydrogen-bond donors (Lipinski definition) is 2. The minimum atomic E-state index is -0.214. The molecule has 6 nitrogen and oxygen atoms in total. The van der Waals surface area contributed by atoms with Crippen molar-refractivity contribution in [1.82, 2.24) is 10.6 Å². The maximum Gasteiger partial charge on any atom is 0.307 e. The monoisotopic (exact) mass is 427 g/mol. The van der Waals surface area contributed by atoms with Gasteiger partial charge < -0.3 is 20.1 Å². The van der Waals surface area contributed by atoms with Crippen LogP contribution in [-0.2, 0) is 14.3 Å². The van der Waals surface area contributed by atoms with E-state index in [0.29, 0.717) is 18.4 Å². The number of esters is 1. The molecule has 22 heavy (non-hydrogen) atoms. The number of carbonyl (C=O) groups excluding carboxylic acids is 1. The lowest BCUT2D eigenvalue weighted by atomic mass is 9.67. The fourth-order valence-electron chi connectivity index (χ4n) is 2.46. The predicted molar refractivity (Wildman–Crippen MR) is 98.8 cm³/mol. The van der Waals surface area contributed by atoms with Crippen molar-refractivity contribution in [2.75, 3.05) is 40.5 Å². The second-order valence-corrected chi connectivity index (χ2v) is 5.54. The van der Waals surface area contributed by atoms with E-state index in [4.69, 9.17) is 4.74 Å². The first kappa shape index (κ1) is 21.4. The zero-order valence-electron chi connectivity index (χ0n) is 13.9. The average molecular weight is 427 g/mol. The molecule has 0 aliphatic heterocycles. The average Bonchev–Trinajstić information content (AvgIpc) is 2.45. The Morgan fingerprint density at radius 2 is 2.00 bits per heavy atom. The third-order valence-corrected chi connectivity index (χ3v) is 4.02. The number of nitrogens with zero attached hydrogens (tertiary/aromatic N) is 1. The van der Waals surface area contributed by atoms with Gasteiger partial charge in [-0.3, -0.25) is 9.79 Å². The van der Waals surface area contributed by atoms with Crippen LogP contribution in [0.3, 0.4) is 0 Å². The number of guanidine groups is 1. The van der Waals surface area contributed by atoms with E-state index in [-0.39, 0.29) is 29.9 Å². The first-order valence-electron chi connectivity index (χ1n) is 7.74. The fraction of sp³-hybridized carbons (Fsp3) is 0.867. The summed E-state index contributed by atoms with van der Waals surface area (Å²) in [5, 5.41) is 6.38. The molecule has 1 aliphatic rings. The highest BCUT2D eigenvalue weighted by Gasteiger charge is 2.36. The fourth-order valence-corrected chi connectivity index (χ4v) is 2.46. The van der Waals surface area contributed by atoms with Gasteiger partial charge in [0.25, 0.3) is 0 Å². The first-order valence-corrected chi connectivity index (χ1v) is 7.74. The Morgan fingerprint density at radius 1 is 1.27 bits per heavy atom. The first-order chi connectivity index (χ1) is 10.2. The number of rotatable bonds is 9. The van der Waals surface area contributed by atoms with Crippen molar-refractivity contribution in [3.63, 3.8) is 0 Å². The standard InChI is InChI=1S/C15H29N3O3.HI/c1-4-16-14(17-10-6-13(19)21-3)18-12-15(7-5-8-15)9-11-20-2;/h4-12H2,1-3H3,(H2,16,17,18);1H. The van der Waals surface area contributed by atoms with Crippen LogP contribution in [-0.4, -0.2) is 52.4 Å². The molecular formula is C15H30IN3O3. The van der Waals surface area contributed by atoms with E-state index >= 15 is 0 Å². The lowest BCUT2D eigenvalue weighted by Crippen LogP contribution is -2.41. The summed E-state index contributed by atoms with van der Waals surface area (Å²) in [5.41, 5.74) is 0.306. The van der Waals surface area contributed by atoms with Gasteiger partial charge in [-0.1, -0.05) is 6.42 Å². The van der Waals surface area contributed by atoms with Crippen LogP contribution in [0.25, 0.3) is 0 Å². The molecule has 0 atom stereocenters. The number of methoxy groups -OCH3 is 2. The Morgan fingerprint density at radius 3 is 2.50 bits per heavy atom. The normalized spacial score (nSPS) is 16.2. The lowest BCUT2D eigenvalue weighted by Gasteiger charge is -2.40. The molecule has 2 N–H and O–H groups in total. The van der Waals surface area contributed by atoms with Gasteiger partial charge in [-0.15, -0.1) is 24.0 Å². The highest BCUT2D eigenvalue weighted by Crippen LogP contribution is 2.44. The molecule has 0 bridgehead atoms. The van der Waals surface area contributed by atoms with Gasteiger partial charge in [0.15, 0.2) is 5.96 Å². The molecule has 0 unspecified atom stereocenters. The van der Waals surface area contributed by atoms with Gasteiger partial charge >= 0.3 is 5.97 Å². The van der Waals surface area contributed by atoms with E-state index in [0.717, 1.165) is 32.1 Å². The van der Waals surface area contributed by atoms with Gasteiger partial charge in [0.1, 0.15) is 0 Å². The highest BCUT2D eigenvalue weighted by molar-refractivity contribution is 14.0. The van der Waals surface area contributed by atoms with Crippen LogP contribution in [0.15, 0.2) is 4.99 Å². The molecule has 0 aromatic rings. The van der Waals surface area contributed by atoms with Gasteiger partial charge in [-0.2, -0.15) is 0 Å². The molecule has 1 rings (SSSR count). The minimum Gasteiger partial charge on any atom is -0.469 e. The molecule has 0 aromatic carbocycles. The summed E-state index contributed by atoms with van der Waals surface area (Å²) in [4.78, 5) is 15.8.